The Kier molecular flexibility index (Phi) is 3.29. The summed E-state index contributed by atoms with van der Waals surface area (Å²) < 4.78 is 0. The molecule has 0 aliphatic rings. The van der Waals surface area contributed by atoms with Crippen molar-refractivity contribution in [3.05, 3.63) is 41.3 Å². The molecule has 5 N–H and O–H groups in total. The summed E-state index contributed by atoms with van der Waals surface area (Å²) in [5.74, 6) is -0.969. The number of thiophene rings is 1. The van der Waals surface area contributed by atoms with Crippen molar-refractivity contribution in [3.8, 4) is 10.4 Å². The van der Waals surface area contributed by atoms with Crippen LogP contribution in [-0.2, 0) is 0 Å². The molecule has 0 saturated carbocycles. The zero-order valence-electron chi connectivity index (χ0n) is 9.33. The average molecular weight is 261 g/mol. The van der Waals surface area contributed by atoms with Crippen LogP contribution in [0.1, 0.15) is 9.67 Å². The fraction of sp³-hybridized carbons (Fsp3) is 0. The van der Waals surface area contributed by atoms with Gasteiger partial charge in [-0.25, -0.2) is 9.79 Å². The minimum absolute atomic E-state index is 0.0301. The predicted octanol–water partition coefficient (Wildman–Crippen LogP) is 2.02. The molecular weight excluding hydrogens is 250 g/mol. The zero-order valence-corrected chi connectivity index (χ0v) is 10.1. The van der Waals surface area contributed by atoms with Gasteiger partial charge in [-0.15, -0.1) is 11.3 Å². The van der Waals surface area contributed by atoms with E-state index in [4.69, 9.17) is 16.6 Å². The molecule has 18 heavy (non-hydrogen) atoms. The molecule has 0 fully saturated rings. The van der Waals surface area contributed by atoms with Gasteiger partial charge in [-0.3, -0.25) is 0 Å². The highest BCUT2D eigenvalue weighted by molar-refractivity contribution is 7.17. The second kappa shape index (κ2) is 4.89. The molecular formula is C12H11N3O2S. The Balaban J connectivity index is 2.49. The minimum atomic E-state index is -0.939. The molecule has 0 spiro atoms. The van der Waals surface area contributed by atoms with Crippen LogP contribution in [0.4, 0.5) is 5.69 Å². The number of para-hydroxylation sites is 1. The lowest BCUT2D eigenvalue weighted by Crippen LogP contribution is -2.21. The standard InChI is InChI=1S/C12H11N3O2S/c13-12(14)15-8-4-2-1-3-7(8)9-5-6-10(18-9)11(16)17/h1-6H,(H,16,17)(H4,13,14,15). The Morgan fingerprint density at radius 2 is 1.89 bits per heavy atom. The number of carbonyl (C=O) groups is 1. The van der Waals surface area contributed by atoms with Gasteiger partial charge in [0.2, 0.25) is 0 Å². The molecule has 0 saturated heterocycles. The van der Waals surface area contributed by atoms with Gasteiger partial charge in [0, 0.05) is 10.4 Å². The highest BCUT2D eigenvalue weighted by atomic mass is 32.1. The number of aliphatic imine (C=N–C) groups is 1. The number of hydrogen-bond donors (Lipinski definition) is 3. The molecule has 92 valence electrons. The lowest BCUT2D eigenvalue weighted by Gasteiger charge is -2.02. The number of carboxylic acids is 1. The fourth-order valence-corrected chi connectivity index (χ4v) is 2.40. The van der Waals surface area contributed by atoms with Crippen LogP contribution in [0.3, 0.4) is 0 Å². The summed E-state index contributed by atoms with van der Waals surface area (Å²) in [5.41, 5.74) is 12.2. The highest BCUT2D eigenvalue weighted by Gasteiger charge is 2.10. The number of nitrogens with zero attached hydrogens (tertiary/aromatic N) is 1. The van der Waals surface area contributed by atoms with E-state index < -0.39 is 5.97 Å². The van der Waals surface area contributed by atoms with Crippen LogP contribution in [0.2, 0.25) is 0 Å². The van der Waals surface area contributed by atoms with E-state index in [1.54, 1.807) is 18.2 Å². The van der Waals surface area contributed by atoms with Crippen molar-refractivity contribution in [1.29, 1.82) is 0 Å². The van der Waals surface area contributed by atoms with Gasteiger partial charge in [-0.1, -0.05) is 18.2 Å². The second-order valence-corrected chi connectivity index (χ2v) is 4.61. The Hall–Kier alpha value is -2.34. The van der Waals surface area contributed by atoms with Crippen molar-refractivity contribution >= 4 is 29.0 Å². The van der Waals surface area contributed by atoms with Crippen LogP contribution < -0.4 is 11.5 Å². The van der Waals surface area contributed by atoms with E-state index in [1.807, 2.05) is 18.2 Å². The number of guanidine groups is 1. The Morgan fingerprint density at radius 3 is 2.50 bits per heavy atom. The van der Waals surface area contributed by atoms with Crippen molar-refractivity contribution in [1.82, 2.24) is 0 Å². The van der Waals surface area contributed by atoms with E-state index in [1.165, 1.54) is 11.3 Å². The van der Waals surface area contributed by atoms with Crippen molar-refractivity contribution in [2.75, 3.05) is 0 Å². The first-order valence-electron chi connectivity index (χ1n) is 5.10. The molecule has 1 aromatic heterocycles. The van der Waals surface area contributed by atoms with E-state index in [0.29, 0.717) is 5.69 Å². The van der Waals surface area contributed by atoms with Gasteiger partial charge in [-0.2, -0.15) is 0 Å². The number of hydrogen-bond acceptors (Lipinski definition) is 3. The molecule has 5 nitrogen and oxygen atoms in total. The van der Waals surface area contributed by atoms with Crippen LogP contribution in [-0.4, -0.2) is 17.0 Å². The highest BCUT2D eigenvalue weighted by Crippen LogP contribution is 2.34. The zero-order chi connectivity index (χ0) is 13.1. The molecule has 0 aliphatic carbocycles. The van der Waals surface area contributed by atoms with Crippen molar-refractivity contribution < 1.29 is 9.90 Å². The monoisotopic (exact) mass is 261 g/mol. The number of carboxylic acid groups (broad SMARTS) is 1. The number of aromatic carboxylic acids is 1. The van der Waals surface area contributed by atoms with E-state index in [-0.39, 0.29) is 10.8 Å². The molecule has 0 amide bonds. The van der Waals surface area contributed by atoms with Gasteiger partial charge in [0.05, 0.1) is 5.69 Å². The van der Waals surface area contributed by atoms with E-state index in [9.17, 15) is 4.79 Å². The molecule has 2 aromatic rings. The minimum Gasteiger partial charge on any atom is -0.477 e. The maximum absolute atomic E-state index is 10.9. The normalized spacial score (nSPS) is 10.0. The van der Waals surface area contributed by atoms with Crippen LogP contribution in [0.25, 0.3) is 10.4 Å². The van der Waals surface area contributed by atoms with E-state index in [0.717, 1.165) is 10.4 Å². The Bertz CT molecular complexity index is 615. The molecule has 0 atom stereocenters. The quantitative estimate of drug-likeness (QED) is 0.581. The number of rotatable bonds is 3. The molecule has 1 heterocycles. The summed E-state index contributed by atoms with van der Waals surface area (Å²) in [4.78, 5) is 16.0. The van der Waals surface area contributed by atoms with Gasteiger partial charge in [0.15, 0.2) is 5.96 Å². The molecule has 1 aromatic carbocycles. The smallest absolute Gasteiger partial charge is 0.345 e. The molecule has 0 radical (unpaired) electrons. The average Bonchev–Trinajstić information content (AvgIpc) is 2.78. The Morgan fingerprint density at radius 1 is 1.17 bits per heavy atom. The molecule has 6 heteroatoms. The summed E-state index contributed by atoms with van der Waals surface area (Å²) in [7, 11) is 0. The van der Waals surface area contributed by atoms with Gasteiger partial charge in [0.25, 0.3) is 0 Å². The third kappa shape index (κ3) is 2.49. The summed E-state index contributed by atoms with van der Waals surface area (Å²) in [6.45, 7) is 0. The van der Waals surface area contributed by atoms with E-state index >= 15 is 0 Å². The molecule has 0 aliphatic heterocycles. The maximum Gasteiger partial charge on any atom is 0.345 e. The number of benzene rings is 1. The topological polar surface area (TPSA) is 102 Å². The first-order chi connectivity index (χ1) is 8.58. The van der Waals surface area contributed by atoms with E-state index in [2.05, 4.69) is 4.99 Å². The third-order valence-corrected chi connectivity index (χ3v) is 3.34. The van der Waals surface area contributed by atoms with Gasteiger partial charge >= 0.3 is 5.97 Å². The van der Waals surface area contributed by atoms with Crippen LogP contribution >= 0.6 is 11.3 Å². The van der Waals surface area contributed by atoms with Crippen LogP contribution in [0.5, 0.6) is 0 Å². The molecule has 2 rings (SSSR count). The first-order valence-corrected chi connectivity index (χ1v) is 5.92. The fourth-order valence-electron chi connectivity index (χ4n) is 1.52. The first kappa shape index (κ1) is 12.1. The van der Waals surface area contributed by atoms with Crippen molar-refractivity contribution in [2.45, 2.75) is 0 Å². The summed E-state index contributed by atoms with van der Waals surface area (Å²) in [5, 5.41) is 8.90. The SMILES string of the molecule is NC(N)=Nc1ccccc1-c1ccc(C(=O)O)s1. The lowest BCUT2D eigenvalue weighted by atomic mass is 10.1. The third-order valence-electron chi connectivity index (χ3n) is 2.24. The number of nitrogens with two attached hydrogens (primary N) is 2. The summed E-state index contributed by atoms with van der Waals surface area (Å²) >= 11 is 1.18. The van der Waals surface area contributed by atoms with Crippen molar-refractivity contribution in [3.63, 3.8) is 0 Å². The summed E-state index contributed by atoms with van der Waals surface area (Å²) in [6.07, 6.45) is 0. The predicted molar refractivity (Wildman–Crippen MR) is 72.2 cm³/mol. The van der Waals surface area contributed by atoms with Crippen LogP contribution in [0.15, 0.2) is 41.4 Å². The molecule has 0 bridgehead atoms. The largest absolute Gasteiger partial charge is 0.477 e. The van der Waals surface area contributed by atoms with Gasteiger partial charge in [0.1, 0.15) is 4.88 Å². The van der Waals surface area contributed by atoms with Gasteiger partial charge in [-0.05, 0) is 18.2 Å². The van der Waals surface area contributed by atoms with Crippen LogP contribution in [0, 0.1) is 0 Å². The molecule has 0 unspecified atom stereocenters. The second-order valence-electron chi connectivity index (χ2n) is 3.52. The maximum atomic E-state index is 10.9. The Labute approximate surface area is 107 Å². The van der Waals surface area contributed by atoms with Gasteiger partial charge < -0.3 is 16.6 Å². The lowest BCUT2D eigenvalue weighted by molar-refractivity contribution is 0.0702. The summed E-state index contributed by atoms with van der Waals surface area (Å²) in [6, 6.07) is 10.6. The van der Waals surface area contributed by atoms with Crippen molar-refractivity contribution in [2.24, 2.45) is 16.5 Å².